The number of para-hydroxylation sites is 3. The fourth-order valence-electron chi connectivity index (χ4n) is 8.81. The Morgan fingerprint density at radius 1 is 0.359 bits per heavy atom. The van der Waals surface area contributed by atoms with Gasteiger partial charge in [-0.3, -0.25) is 9.98 Å². The van der Waals surface area contributed by atoms with Gasteiger partial charge in [0.1, 0.15) is 0 Å². The van der Waals surface area contributed by atoms with Crippen molar-refractivity contribution in [3.05, 3.63) is 241 Å². The monoisotopic (exact) mass is 823 g/mol. The average Bonchev–Trinajstić information content (AvgIpc) is 3.88. The second-order valence-electron chi connectivity index (χ2n) is 15.8. The molecule has 64 heavy (non-hydrogen) atoms. The molecule has 2 heterocycles. The molecule has 11 rings (SSSR count). The topological polar surface area (TPSA) is 46.9 Å². The van der Waals surface area contributed by atoms with Gasteiger partial charge in [0.15, 0.2) is 5.84 Å². The summed E-state index contributed by atoms with van der Waals surface area (Å²) < 4.78 is 4.77. The predicted molar refractivity (Wildman–Crippen MR) is 272 cm³/mol. The van der Waals surface area contributed by atoms with Gasteiger partial charge in [0, 0.05) is 38.5 Å². The zero-order valence-corrected chi connectivity index (χ0v) is 35.4. The molecule has 0 fully saturated rings. The van der Waals surface area contributed by atoms with Gasteiger partial charge in [0.05, 0.1) is 35.2 Å². The summed E-state index contributed by atoms with van der Waals surface area (Å²) in [5, 5.41) is 5.00. The van der Waals surface area contributed by atoms with E-state index < -0.39 is 0 Å². The molecular formula is C59H45N5. The minimum atomic E-state index is 0.613. The molecule has 0 N–H and O–H groups in total. The maximum Gasteiger partial charge on any atom is 0.154 e. The van der Waals surface area contributed by atoms with Crippen molar-refractivity contribution in [2.45, 2.75) is 13.1 Å². The second kappa shape index (κ2) is 17.9. The van der Waals surface area contributed by atoms with Crippen molar-refractivity contribution in [3.63, 3.8) is 0 Å². The lowest BCUT2D eigenvalue weighted by atomic mass is 10.0. The van der Waals surface area contributed by atoms with Crippen LogP contribution in [-0.4, -0.2) is 28.4 Å². The van der Waals surface area contributed by atoms with Crippen molar-refractivity contribution < 1.29 is 0 Å². The first kappa shape index (κ1) is 39.7. The summed E-state index contributed by atoms with van der Waals surface area (Å²) in [6, 6.07) is 79.3. The Balaban J connectivity index is 0.000000240. The van der Waals surface area contributed by atoms with Crippen LogP contribution < -0.4 is 0 Å². The van der Waals surface area contributed by atoms with Crippen LogP contribution in [0.15, 0.2) is 239 Å². The highest BCUT2D eigenvalue weighted by molar-refractivity contribution is 6.12. The Kier molecular flexibility index (Phi) is 11.1. The van der Waals surface area contributed by atoms with Crippen molar-refractivity contribution in [1.82, 2.24) is 9.13 Å². The summed E-state index contributed by atoms with van der Waals surface area (Å²) in [6.45, 7) is 8.50. The second-order valence-corrected chi connectivity index (χ2v) is 15.8. The Labute approximate surface area is 373 Å². The summed E-state index contributed by atoms with van der Waals surface area (Å²) in [5.74, 6) is 0.689. The lowest BCUT2D eigenvalue weighted by Crippen LogP contribution is -1.97. The highest BCUT2D eigenvalue weighted by atomic mass is 15.0. The molecule has 2 aromatic heterocycles. The first-order valence-electron chi connectivity index (χ1n) is 21.5. The molecular weight excluding hydrogens is 779 g/mol. The van der Waals surface area contributed by atoms with Crippen LogP contribution in [0, 0.1) is 0 Å². The molecule has 306 valence electrons. The van der Waals surface area contributed by atoms with Crippen LogP contribution in [0.25, 0.3) is 77.2 Å². The normalized spacial score (nSPS) is 11.5. The van der Waals surface area contributed by atoms with Gasteiger partial charge in [-0.15, -0.1) is 0 Å². The quantitative estimate of drug-likeness (QED) is 0.103. The third-order valence-corrected chi connectivity index (χ3v) is 11.8. The fourth-order valence-corrected chi connectivity index (χ4v) is 8.81. The molecule has 0 spiro atoms. The molecule has 0 aliphatic carbocycles. The molecule has 0 amide bonds. The van der Waals surface area contributed by atoms with Crippen molar-refractivity contribution in [3.8, 4) is 33.6 Å². The average molecular weight is 824 g/mol. The van der Waals surface area contributed by atoms with E-state index >= 15 is 0 Å². The number of nitrogens with zero attached hydrogens (tertiary/aromatic N) is 5. The summed E-state index contributed by atoms with van der Waals surface area (Å²) >= 11 is 0. The third kappa shape index (κ3) is 7.83. The lowest BCUT2D eigenvalue weighted by Gasteiger charge is -2.12. The summed E-state index contributed by atoms with van der Waals surface area (Å²) in [7, 11) is 0. The first-order valence-corrected chi connectivity index (χ1v) is 21.5. The van der Waals surface area contributed by atoms with Gasteiger partial charge in [0.25, 0.3) is 0 Å². The van der Waals surface area contributed by atoms with Crippen LogP contribution in [0.4, 0.5) is 0 Å². The Hall–Kier alpha value is -8.41. The number of rotatable bonds is 9. The van der Waals surface area contributed by atoms with Crippen molar-refractivity contribution in [2.24, 2.45) is 15.0 Å². The maximum absolute atomic E-state index is 4.47. The summed E-state index contributed by atoms with van der Waals surface area (Å²) in [5.41, 5.74) is 15.2. The van der Waals surface area contributed by atoms with Crippen molar-refractivity contribution in [1.29, 1.82) is 0 Å². The minimum Gasteiger partial charge on any atom is -0.309 e. The zero-order chi connectivity index (χ0) is 43.2. The zero-order valence-electron chi connectivity index (χ0n) is 35.4. The van der Waals surface area contributed by atoms with Gasteiger partial charge < -0.3 is 9.13 Å². The van der Waals surface area contributed by atoms with E-state index in [1.165, 1.54) is 77.1 Å². The van der Waals surface area contributed by atoms with Gasteiger partial charge in [-0.2, -0.15) is 0 Å². The SMILES string of the molecule is C=NC(=NCc1ccccc1)c1ccccc1.C=NCc1cccc(-c2ccc3c4ccccc4n(-c4cccc(-c5ccc6c(c5)c5ccccc5n6-c5ccccc5)c4)c3c2)c1. The third-order valence-electron chi connectivity index (χ3n) is 11.8. The van der Waals surface area contributed by atoms with E-state index in [1.807, 2.05) is 48.5 Å². The number of benzene rings is 9. The molecule has 5 heteroatoms. The van der Waals surface area contributed by atoms with Crippen LogP contribution in [0.3, 0.4) is 0 Å². The smallest absolute Gasteiger partial charge is 0.154 e. The van der Waals surface area contributed by atoms with Crippen LogP contribution >= 0.6 is 0 Å². The largest absolute Gasteiger partial charge is 0.309 e. The lowest BCUT2D eigenvalue weighted by molar-refractivity contribution is 1.06. The van der Waals surface area contributed by atoms with Crippen LogP contribution in [0.2, 0.25) is 0 Å². The highest BCUT2D eigenvalue weighted by Gasteiger charge is 2.16. The predicted octanol–water partition coefficient (Wildman–Crippen LogP) is 14.7. The van der Waals surface area contributed by atoms with Gasteiger partial charge >= 0.3 is 0 Å². The molecule has 0 unspecified atom stereocenters. The van der Waals surface area contributed by atoms with E-state index in [9.17, 15) is 0 Å². The van der Waals surface area contributed by atoms with Gasteiger partial charge in [0.2, 0.25) is 0 Å². The van der Waals surface area contributed by atoms with Crippen molar-refractivity contribution in [2.75, 3.05) is 0 Å². The van der Waals surface area contributed by atoms with Crippen molar-refractivity contribution >= 4 is 62.9 Å². The minimum absolute atomic E-state index is 0.613. The fraction of sp³-hybridized carbons (Fsp3) is 0.0339. The molecule has 0 aliphatic heterocycles. The number of aliphatic imine (C=N–C) groups is 3. The molecule has 0 saturated heterocycles. The van der Waals surface area contributed by atoms with E-state index in [1.54, 1.807) is 0 Å². The molecule has 0 atom stereocenters. The molecule has 11 aromatic rings. The van der Waals surface area contributed by atoms with E-state index in [0.717, 1.165) is 16.8 Å². The highest BCUT2D eigenvalue weighted by Crippen LogP contribution is 2.38. The van der Waals surface area contributed by atoms with E-state index in [2.05, 4.69) is 213 Å². The van der Waals surface area contributed by atoms with Gasteiger partial charge in [-0.1, -0.05) is 164 Å². The van der Waals surface area contributed by atoms with Gasteiger partial charge in [-0.25, -0.2) is 4.99 Å². The van der Waals surface area contributed by atoms with E-state index in [0.29, 0.717) is 18.9 Å². The van der Waals surface area contributed by atoms with Crippen LogP contribution in [0.1, 0.15) is 16.7 Å². The molecule has 0 bridgehead atoms. The molecule has 0 aliphatic rings. The molecule has 0 radical (unpaired) electrons. The Morgan fingerprint density at radius 2 is 0.875 bits per heavy atom. The first-order chi connectivity index (χ1) is 31.7. The molecule has 5 nitrogen and oxygen atoms in total. The van der Waals surface area contributed by atoms with E-state index in [4.69, 9.17) is 0 Å². The van der Waals surface area contributed by atoms with Crippen LogP contribution in [-0.2, 0) is 13.1 Å². The summed E-state index contributed by atoms with van der Waals surface area (Å²) in [6.07, 6.45) is 0. The number of amidine groups is 1. The number of hydrogen-bond donors (Lipinski definition) is 0. The molecule has 9 aromatic carbocycles. The number of fused-ring (bicyclic) bond motifs is 6. The van der Waals surface area contributed by atoms with E-state index in [-0.39, 0.29) is 0 Å². The standard InChI is InChI=1S/C44H31N3.C15H14N2/c1-45-29-30-11-9-12-31(25-30)34-21-23-39-37-17-5-7-19-41(37)47(44(39)28-34)36-16-10-13-32(26-36)33-22-24-43-40(27-33)38-18-6-8-20-42(38)46(43)35-14-3-2-4-15-35;1-16-15(14-10-6-3-7-11-14)17-12-13-8-4-2-5-9-13/h2-28H,1,29H2;2-11H,1,12H2. The maximum atomic E-state index is 4.47. The number of hydrogen-bond acceptors (Lipinski definition) is 2. The Bertz CT molecular complexity index is 3470. The van der Waals surface area contributed by atoms with Gasteiger partial charge in [-0.05, 0) is 107 Å². The molecule has 0 saturated carbocycles. The number of aromatic nitrogens is 2. The summed E-state index contributed by atoms with van der Waals surface area (Å²) in [4.78, 5) is 12.5. The Morgan fingerprint density at radius 3 is 1.59 bits per heavy atom. The van der Waals surface area contributed by atoms with Crippen LogP contribution in [0.5, 0.6) is 0 Å².